The molecule has 2 aromatic rings. The van der Waals surface area contributed by atoms with Gasteiger partial charge >= 0.3 is 0 Å². The van der Waals surface area contributed by atoms with E-state index in [1.807, 2.05) is 0 Å². The predicted octanol–water partition coefficient (Wildman–Crippen LogP) is 4.16. The van der Waals surface area contributed by atoms with Crippen LogP contribution in [-0.2, 0) is 12.8 Å². The minimum Gasteiger partial charge on any atom is -0.390 e. The Hall–Kier alpha value is -1.36. The highest BCUT2D eigenvalue weighted by Crippen LogP contribution is 2.44. The summed E-state index contributed by atoms with van der Waals surface area (Å²) >= 11 is 1.69. The second-order valence-corrected chi connectivity index (χ2v) is 7.48. The molecule has 2 aliphatic rings. The molecule has 0 bridgehead atoms. The van der Waals surface area contributed by atoms with Crippen molar-refractivity contribution in [1.82, 2.24) is 10.1 Å². The van der Waals surface area contributed by atoms with Crippen molar-refractivity contribution in [3.8, 4) is 11.5 Å². The van der Waals surface area contributed by atoms with E-state index < -0.39 is 0 Å². The average Bonchev–Trinajstić information content (AvgIpc) is 3.20. The topological polar surface area (TPSA) is 64.9 Å². The van der Waals surface area contributed by atoms with Crippen molar-refractivity contribution in [3.05, 3.63) is 16.3 Å². The SMILES string of the molecule is CCC1CCC(c2noc(-c3c(N)sc4c3CCC4)n2)C1. The summed E-state index contributed by atoms with van der Waals surface area (Å²) in [4.78, 5) is 6.10. The van der Waals surface area contributed by atoms with Crippen molar-refractivity contribution in [1.29, 1.82) is 0 Å². The molecule has 1 saturated carbocycles. The molecule has 0 radical (unpaired) electrons. The maximum absolute atomic E-state index is 6.18. The van der Waals surface area contributed by atoms with Crippen LogP contribution in [0.1, 0.15) is 61.2 Å². The van der Waals surface area contributed by atoms with E-state index in [0.29, 0.717) is 11.8 Å². The molecule has 0 amide bonds. The molecule has 4 nitrogen and oxygen atoms in total. The number of thiophene rings is 1. The van der Waals surface area contributed by atoms with Crippen LogP contribution in [-0.4, -0.2) is 10.1 Å². The van der Waals surface area contributed by atoms with Crippen LogP contribution >= 0.6 is 11.3 Å². The lowest BCUT2D eigenvalue weighted by molar-refractivity contribution is 0.413. The van der Waals surface area contributed by atoms with E-state index in [1.165, 1.54) is 42.5 Å². The van der Waals surface area contributed by atoms with Gasteiger partial charge in [-0.25, -0.2) is 0 Å². The predicted molar refractivity (Wildman–Crippen MR) is 84.4 cm³/mol. The molecule has 2 heterocycles. The molecule has 0 aliphatic heterocycles. The molecule has 1 fully saturated rings. The number of aromatic nitrogens is 2. The Kier molecular flexibility index (Phi) is 3.25. The first-order valence-corrected chi connectivity index (χ1v) is 8.82. The Labute approximate surface area is 128 Å². The van der Waals surface area contributed by atoms with Gasteiger partial charge in [-0.3, -0.25) is 0 Å². The summed E-state index contributed by atoms with van der Waals surface area (Å²) < 4.78 is 5.56. The molecule has 0 spiro atoms. The van der Waals surface area contributed by atoms with Gasteiger partial charge in [0, 0.05) is 10.8 Å². The third-order valence-corrected chi connectivity index (χ3v) is 6.21. The first-order chi connectivity index (χ1) is 10.3. The van der Waals surface area contributed by atoms with Gasteiger partial charge in [-0.05, 0) is 50.0 Å². The van der Waals surface area contributed by atoms with Crippen LogP contribution < -0.4 is 5.73 Å². The van der Waals surface area contributed by atoms with E-state index in [2.05, 4.69) is 12.1 Å². The normalized spacial score (nSPS) is 24.6. The number of nitrogen functional groups attached to an aromatic ring is 1. The van der Waals surface area contributed by atoms with E-state index in [-0.39, 0.29) is 0 Å². The minimum atomic E-state index is 0.473. The lowest BCUT2D eigenvalue weighted by atomic mass is 10.0. The molecule has 5 heteroatoms. The number of hydrogen-bond donors (Lipinski definition) is 1. The fraction of sp³-hybridized carbons (Fsp3) is 0.625. The molecular formula is C16H21N3OS. The van der Waals surface area contributed by atoms with Gasteiger partial charge in [-0.1, -0.05) is 18.5 Å². The Bertz CT molecular complexity index is 661. The van der Waals surface area contributed by atoms with Gasteiger partial charge in [-0.2, -0.15) is 4.98 Å². The van der Waals surface area contributed by atoms with Gasteiger partial charge in [0.25, 0.3) is 5.89 Å². The van der Waals surface area contributed by atoms with Crippen LogP contribution in [0.2, 0.25) is 0 Å². The van der Waals surface area contributed by atoms with E-state index in [0.717, 1.165) is 35.1 Å². The van der Waals surface area contributed by atoms with Crippen LogP contribution in [0.25, 0.3) is 11.5 Å². The van der Waals surface area contributed by atoms with Gasteiger partial charge in [0.1, 0.15) is 0 Å². The Morgan fingerprint density at radius 3 is 3.05 bits per heavy atom. The van der Waals surface area contributed by atoms with Gasteiger partial charge in [0.15, 0.2) is 5.82 Å². The number of hydrogen-bond acceptors (Lipinski definition) is 5. The highest BCUT2D eigenvalue weighted by molar-refractivity contribution is 7.16. The zero-order valence-corrected chi connectivity index (χ0v) is 13.2. The van der Waals surface area contributed by atoms with Crippen LogP contribution in [0.3, 0.4) is 0 Å². The summed E-state index contributed by atoms with van der Waals surface area (Å²) in [6, 6.07) is 0. The Morgan fingerprint density at radius 1 is 1.33 bits per heavy atom. The Morgan fingerprint density at radius 2 is 2.24 bits per heavy atom. The minimum absolute atomic E-state index is 0.473. The first-order valence-electron chi connectivity index (χ1n) is 8.00. The number of fused-ring (bicyclic) bond motifs is 1. The van der Waals surface area contributed by atoms with E-state index >= 15 is 0 Å². The van der Waals surface area contributed by atoms with E-state index in [1.54, 1.807) is 11.3 Å². The zero-order valence-electron chi connectivity index (χ0n) is 12.4. The molecule has 2 atom stereocenters. The highest BCUT2D eigenvalue weighted by Gasteiger charge is 2.30. The molecule has 2 aromatic heterocycles. The summed E-state index contributed by atoms with van der Waals surface area (Å²) in [5.74, 6) is 2.83. The van der Waals surface area contributed by atoms with Crippen LogP contribution in [0.15, 0.2) is 4.52 Å². The van der Waals surface area contributed by atoms with Crippen LogP contribution in [0, 0.1) is 5.92 Å². The van der Waals surface area contributed by atoms with Gasteiger partial charge in [0.05, 0.1) is 10.6 Å². The molecule has 2 unspecified atom stereocenters. The van der Waals surface area contributed by atoms with Gasteiger partial charge in [-0.15, -0.1) is 11.3 Å². The number of nitrogens with zero attached hydrogens (tertiary/aromatic N) is 2. The van der Waals surface area contributed by atoms with Gasteiger partial charge < -0.3 is 10.3 Å². The largest absolute Gasteiger partial charge is 0.390 e. The maximum atomic E-state index is 6.18. The maximum Gasteiger partial charge on any atom is 0.261 e. The monoisotopic (exact) mass is 303 g/mol. The molecule has 2 aliphatic carbocycles. The second-order valence-electron chi connectivity index (χ2n) is 6.34. The van der Waals surface area contributed by atoms with Crippen molar-refractivity contribution in [2.75, 3.05) is 5.73 Å². The molecule has 0 aromatic carbocycles. The molecule has 4 rings (SSSR count). The van der Waals surface area contributed by atoms with E-state index in [9.17, 15) is 0 Å². The summed E-state index contributed by atoms with van der Waals surface area (Å²) in [6.45, 7) is 2.27. The van der Waals surface area contributed by atoms with Crippen molar-refractivity contribution in [3.63, 3.8) is 0 Å². The van der Waals surface area contributed by atoms with Crippen molar-refractivity contribution < 1.29 is 4.52 Å². The fourth-order valence-electron chi connectivity index (χ4n) is 3.84. The quantitative estimate of drug-likeness (QED) is 0.924. The lowest BCUT2D eigenvalue weighted by Crippen LogP contribution is -1.97. The number of nitrogens with two attached hydrogens (primary N) is 1. The summed E-state index contributed by atoms with van der Waals surface area (Å²) in [5, 5.41) is 5.09. The van der Waals surface area contributed by atoms with Crippen LogP contribution in [0.5, 0.6) is 0 Å². The van der Waals surface area contributed by atoms with Crippen molar-refractivity contribution >= 4 is 16.3 Å². The molecule has 2 N–H and O–H groups in total. The van der Waals surface area contributed by atoms with Crippen molar-refractivity contribution in [2.45, 2.75) is 57.8 Å². The summed E-state index contributed by atoms with van der Waals surface area (Å²) in [7, 11) is 0. The molecule has 21 heavy (non-hydrogen) atoms. The van der Waals surface area contributed by atoms with E-state index in [4.69, 9.17) is 15.2 Å². The molecular weight excluding hydrogens is 282 g/mol. The summed E-state index contributed by atoms with van der Waals surface area (Å²) in [6.07, 6.45) is 8.40. The molecule has 112 valence electrons. The Balaban J connectivity index is 1.63. The number of rotatable bonds is 3. The van der Waals surface area contributed by atoms with Crippen molar-refractivity contribution in [2.24, 2.45) is 5.92 Å². The standard InChI is InChI=1S/C16H21N3OS/c1-2-9-6-7-10(8-9)15-18-16(20-19-15)13-11-4-3-5-12(11)21-14(13)17/h9-10H,2-8,17H2,1H3. The van der Waals surface area contributed by atoms with Gasteiger partial charge in [0.2, 0.25) is 0 Å². The highest BCUT2D eigenvalue weighted by atomic mass is 32.1. The summed E-state index contributed by atoms with van der Waals surface area (Å²) in [5.41, 5.74) is 8.56. The fourth-order valence-corrected chi connectivity index (χ4v) is 4.99. The number of anilines is 1. The third kappa shape index (κ3) is 2.18. The lowest BCUT2D eigenvalue weighted by Gasteiger charge is -2.04. The third-order valence-electron chi connectivity index (χ3n) is 5.09. The first kappa shape index (κ1) is 13.3. The van der Waals surface area contributed by atoms with Crippen LogP contribution in [0.4, 0.5) is 5.00 Å². The number of aryl methyl sites for hydroxylation is 1. The molecule has 0 saturated heterocycles. The average molecular weight is 303 g/mol. The second kappa shape index (κ2) is 5.13. The zero-order chi connectivity index (χ0) is 14.4. The smallest absolute Gasteiger partial charge is 0.261 e.